The van der Waals surface area contributed by atoms with Crippen LogP contribution in [-0.4, -0.2) is 36.7 Å². The van der Waals surface area contributed by atoms with Gasteiger partial charge in [-0.1, -0.05) is 32.0 Å². The zero-order valence-corrected chi connectivity index (χ0v) is 18.0. The molecule has 2 bridgehead atoms. The van der Waals surface area contributed by atoms with E-state index in [1.165, 1.54) is 12.1 Å². The van der Waals surface area contributed by atoms with Crippen LogP contribution in [0.15, 0.2) is 36.4 Å². The fourth-order valence-corrected chi connectivity index (χ4v) is 5.56. The molecule has 0 saturated carbocycles. The van der Waals surface area contributed by atoms with Gasteiger partial charge in [-0.05, 0) is 78.1 Å². The van der Waals surface area contributed by atoms with E-state index in [1.54, 1.807) is 0 Å². The summed E-state index contributed by atoms with van der Waals surface area (Å²) < 4.78 is 33.2. The van der Waals surface area contributed by atoms with Gasteiger partial charge in [-0.2, -0.15) is 0 Å². The van der Waals surface area contributed by atoms with Crippen LogP contribution in [0.4, 0.5) is 13.6 Å². The molecule has 2 atom stereocenters. The predicted octanol–water partition coefficient (Wildman–Crippen LogP) is 5.08. The molecule has 3 saturated heterocycles. The number of hydrogen-bond donors (Lipinski definition) is 1. The number of amides is 1. The van der Waals surface area contributed by atoms with Gasteiger partial charge in [-0.25, -0.2) is 13.6 Å². The third-order valence-electron chi connectivity index (χ3n) is 7.19. The second-order valence-corrected chi connectivity index (χ2v) is 9.90. The van der Waals surface area contributed by atoms with Gasteiger partial charge in [0.05, 0.1) is 6.04 Å². The van der Waals surface area contributed by atoms with E-state index < -0.39 is 11.6 Å². The van der Waals surface area contributed by atoms with Gasteiger partial charge in [-0.3, -0.25) is 4.90 Å². The lowest BCUT2D eigenvalue weighted by molar-refractivity contribution is -0.0348. The number of piperidine rings is 3. The van der Waals surface area contributed by atoms with Crippen LogP contribution in [0.5, 0.6) is 0 Å². The highest BCUT2D eigenvalue weighted by Crippen LogP contribution is 2.46. The number of carbonyl (C=O) groups excluding carboxylic acids is 1. The molecule has 2 aromatic rings. The van der Waals surface area contributed by atoms with Crippen molar-refractivity contribution in [1.29, 1.82) is 0 Å². The van der Waals surface area contributed by atoms with Crippen molar-refractivity contribution < 1.29 is 18.3 Å². The van der Waals surface area contributed by atoms with Gasteiger partial charge >= 0.3 is 6.09 Å². The molecule has 1 N–H and O–H groups in total. The Labute approximate surface area is 181 Å². The first-order valence-electron chi connectivity index (χ1n) is 11.1. The average molecular weight is 427 g/mol. The van der Waals surface area contributed by atoms with Crippen LogP contribution in [0.25, 0.3) is 11.1 Å². The second-order valence-electron chi connectivity index (χ2n) is 9.90. The Bertz CT molecular complexity index is 994. The van der Waals surface area contributed by atoms with Crippen molar-refractivity contribution in [3.8, 4) is 11.1 Å². The van der Waals surface area contributed by atoms with Crippen molar-refractivity contribution in [3.63, 3.8) is 0 Å². The Kier molecular flexibility index (Phi) is 5.00. The number of alkyl carbamates (subject to hydrolysis) is 1. The quantitative estimate of drug-likeness (QED) is 0.745. The minimum Gasteiger partial charge on any atom is -0.445 e. The number of nitrogens with zero attached hydrogens (tertiary/aromatic N) is 1. The summed E-state index contributed by atoms with van der Waals surface area (Å²) in [6.45, 7) is 7.28. The third-order valence-corrected chi connectivity index (χ3v) is 7.19. The minimum atomic E-state index is -0.592. The largest absolute Gasteiger partial charge is 0.445 e. The van der Waals surface area contributed by atoms with Gasteiger partial charge < -0.3 is 10.1 Å². The van der Waals surface area contributed by atoms with Crippen LogP contribution in [0.3, 0.4) is 0 Å². The molecule has 2 aromatic carbocycles. The summed E-state index contributed by atoms with van der Waals surface area (Å²) in [6.07, 6.45) is 2.56. The van der Waals surface area contributed by atoms with E-state index in [1.807, 2.05) is 18.2 Å². The smallest absolute Gasteiger partial charge is 0.407 e. The van der Waals surface area contributed by atoms with Crippen molar-refractivity contribution in [2.75, 3.05) is 19.6 Å². The van der Waals surface area contributed by atoms with Gasteiger partial charge in [-0.15, -0.1) is 0 Å². The molecule has 0 aromatic heterocycles. The topological polar surface area (TPSA) is 41.6 Å². The van der Waals surface area contributed by atoms with Crippen LogP contribution in [-0.2, 0) is 11.2 Å². The number of ether oxygens (including phenoxy) is 1. The third kappa shape index (κ3) is 3.93. The Morgan fingerprint density at radius 1 is 1.06 bits per heavy atom. The van der Waals surface area contributed by atoms with Crippen molar-refractivity contribution in [2.45, 2.75) is 45.3 Å². The molecule has 3 heterocycles. The summed E-state index contributed by atoms with van der Waals surface area (Å²) in [5, 5.41) is 3.11. The number of benzene rings is 2. The van der Waals surface area contributed by atoms with Gasteiger partial charge in [0.1, 0.15) is 17.7 Å². The lowest BCUT2D eigenvalue weighted by Crippen LogP contribution is -2.53. The molecule has 1 unspecified atom stereocenters. The first kappa shape index (κ1) is 20.4. The summed E-state index contributed by atoms with van der Waals surface area (Å²) >= 11 is 0. The first-order valence-corrected chi connectivity index (χ1v) is 11.1. The van der Waals surface area contributed by atoms with Crippen molar-refractivity contribution in [2.24, 2.45) is 11.3 Å². The Morgan fingerprint density at radius 2 is 1.77 bits per heavy atom. The highest BCUT2D eigenvalue weighted by atomic mass is 19.1. The molecule has 4 aliphatic rings. The molecule has 3 fully saturated rings. The van der Waals surface area contributed by atoms with E-state index in [4.69, 9.17) is 4.74 Å². The van der Waals surface area contributed by atoms with E-state index in [0.717, 1.165) is 61.7 Å². The lowest BCUT2D eigenvalue weighted by atomic mass is 9.85. The number of hydrogen-bond acceptors (Lipinski definition) is 3. The molecule has 6 heteroatoms. The first-order chi connectivity index (χ1) is 14.8. The van der Waals surface area contributed by atoms with Gasteiger partial charge in [0, 0.05) is 12.6 Å². The van der Waals surface area contributed by atoms with Crippen molar-refractivity contribution in [1.82, 2.24) is 10.2 Å². The van der Waals surface area contributed by atoms with Crippen LogP contribution < -0.4 is 5.32 Å². The SMILES string of the molecule is CC1(C)Cc2cc(-c3cc(F)cc(F)c3)ccc2C1NC(=O)O[C@H]1CN2CCC1CC2. The second kappa shape index (κ2) is 7.59. The maximum atomic E-state index is 13.7. The zero-order valence-electron chi connectivity index (χ0n) is 18.0. The fourth-order valence-electron chi connectivity index (χ4n) is 5.56. The molecule has 164 valence electrons. The number of rotatable bonds is 3. The summed E-state index contributed by atoms with van der Waals surface area (Å²) in [6, 6.07) is 9.18. The average Bonchev–Trinajstić information content (AvgIpc) is 2.97. The van der Waals surface area contributed by atoms with Crippen molar-refractivity contribution in [3.05, 3.63) is 59.2 Å². The maximum absolute atomic E-state index is 13.7. The number of carbonyl (C=O) groups is 1. The van der Waals surface area contributed by atoms with Crippen LogP contribution in [0.2, 0.25) is 0 Å². The highest BCUT2D eigenvalue weighted by molar-refractivity contribution is 5.70. The highest BCUT2D eigenvalue weighted by Gasteiger charge is 2.42. The zero-order chi connectivity index (χ0) is 21.8. The Balaban J connectivity index is 1.34. The van der Waals surface area contributed by atoms with Gasteiger partial charge in [0.2, 0.25) is 0 Å². The lowest BCUT2D eigenvalue weighted by Gasteiger charge is -2.44. The van der Waals surface area contributed by atoms with Gasteiger partial charge in [0.15, 0.2) is 0 Å². The fraction of sp³-hybridized carbons (Fsp3) is 0.480. The maximum Gasteiger partial charge on any atom is 0.407 e. The summed E-state index contributed by atoms with van der Waals surface area (Å²) in [5.74, 6) is -0.717. The minimum absolute atomic E-state index is 0.0308. The molecule has 4 nitrogen and oxygen atoms in total. The molecular weight excluding hydrogens is 398 g/mol. The molecule has 1 aliphatic carbocycles. The normalized spacial score (nSPS) is 28.3. The van der Waals surface area contributed by atoms with Crippen LogP contribution in [0, 0.1) is 23.0 Å². The van der Waals surface area contributed by atoms with E-state index in [9.17, 15) is 13.6 Å². The van der Waals surface area contributed by atoms with Crippen LogP contribution in [0.1, 0.15) is 43.9 Å². The molecule has 6 rings (SSSR count). The molecule has 3 aliphatic heterocycles. The molecule has 0 radical (unpaired) electrons. The van der Waals surface area contributed by atoms with E-state index in [0.29, 0.717) is 11.5 Å². The molecule has 1 amide bonds. The monoisotopic (exact) mass is 426 g/mol. The summed E-state index contributed by atoms with van der Waals surface area (Å²) in [7, 11) is 0. The standard InChI is InChI=1S/C25H28F2N2O2/c1-25(2)13-18-9-16(17-10-19(26)12-20(27)11-17)3-4-21(18)23(25)28-24(30)31-22-14-29-7-5-15(22)6-8-29/h3-4,9-12,15,22-23H,5-8,13-14H2,1-2H3,(H,28,30)/t22-,23?/m0/s1. The van der Waals surface area contributed by atoms with Crippen LogP contribution >= 0.6 is 0 Å². The Morgan fingerprint density at radius 3 is 2.42 bits per heavy atom. The van der Waals surface area contributed by atoms with Crippen molar-refractivity contribution >= 4 is 6.09 Å². The number of nitrogens with one attached hydrogen (secondary N) is 1. The summed E-state index contributed by atoms with van der Waals surface area (Å²) in [4.78, 5) is 15.1. The Hall–Kier alpha value is -2.47. The van der Waals surface area contributed by atoms with Gasteiger partial charge in [0.25, 0.3) is 0 Å². The van der Waals surface area contributed by atoms with E-state index in [2.05, 4.69) is 24.1 Å². The molecule has 0 spiro atoms. The van der Waals surface area contributed by atoms with E-state index >= 15 is 0 Å². The predicted molar refractivity (Wildman–Crippen MR) is 115 cm³/mol. The molecule has 31 heavy (non-hydrogen) atoms. The number of halogens is 2. The molecular formula is C25H28F2N2O2. The number of fused-ring (bicyclic) bond motifs is 4. The van der Waals surface area contributed by atoms with E-state index in [-0.39, 0.29) is 23.7 Å². The summed E-state index contributed by atoms with van der Waals surface area (Å²) in [5.41, 5.74) is 3.21.